The highest BCUT2D eigenvalue weighted by atomic mass is 16.7. The van der Waals surface area contributed by atoms with E-state index in [1.165, 1.54) is 4.90 Å². The Morgan fingerprint density at radius 1 is 1.09 bits per heavy atom. The van der Waals surface area contributed by atoms with E-state index in [1.807, 2.05) is 6.07 Å². The summed E-state index contributed by atoms with van der Waals surface area (Å²) in [5.41, 5.74) is 1.65. The zero-order valence-electron chi connectivity index (χ0n) is 16.6. The minimum absolute atomic E-state index is 0.0637. The Balaban J connectivity index is 1.68. The van der Waals surface area contributed by atoms with Crippen LogP contribution in [0, 0.1) is 11.3 Å². The number of ether oxygens (including phenoxy) is 2. The van der Waals surface area contributed by atoms with Crippen LogP contribution in [0.1, 0.15) is 22.7 Å². The number of nitrogens with zero attached hydrogens (tertiary/aromatic N) is 3. The normalized spacial score (nSPS) is 18.6. The lowest BCUT2D eigenvalue weighted by Gasteiger charge is -2.25. The van der Waals surface area contributed by atoms with Gasteiger partial charge in [-0.1, -0.05) is 6.07 Å². The minimum atomic E-state index is -0.901. The van der Waals surface area contributed by atoms with Gasteiger partial charge in [0.1, 0.15) is 5.76 Å². The number of nitriles is 1. The van der Waals surface area contributed by atoms with Crippen LogP contribution in [0.3, 0.4) is 0 Å². The highest BCUT2D eigenvalue weighted by Gasteiger charge is 2.47. The third-order valence-corrected chi connectivity index (χ3v) is 5.37. The lowest BCUT2D eigenvalue weighted by Crippen LogP contribution is -2.29. The number of hydrogen-bond acceptors (Lipinski definition) is 7. The van der Waals surface area contributed by atoms with Crippen molar-refractivity contribution in [1.29, 1.82) is 5.26 Å². The van der Waals surface area contributed by atoms with Crippen LogP contribution in [0.25, 0.3) is 5.76 Å². The molecular weight excluding hydrogens is 410 g/mol. The minimum Gasteiger partial charge on any atom is -0.507 e. The van der Waals surface area contributed by atoms with E-state index in [1.54, 1.807) is 67.0 Å². The topological polar surface area (TPSA) is 113 Å². The first-order valence-corrected chi connectivity index (χ1v) is 9.69. The van der Waals surface area contributed by atoms with E-state index in [4.69, 9.17) is 14.7 Å². The summed E-state index contributed by atoms with van der Waals surface area (Å²) >= 11 is 0. The summed E-state index contributed by atoms with van der Waals surface area (Å²) < 4.78 is 10.7. The molecule has 3 aromatic rings. The molecule has 1 atom stereocenters. The highest BCUT2D eigenvalue weighted by Crippen LogP contribution is 2.43. The van der Waals surface area contributed by atoms with Gasteiger partial charge < -0.3 is 14.6 Å². The SMILES string of the molecule is N#Cc1ccc(N2C(=O)C(=O)/C(=C(\O)c3ccc4c(c3)OCO4)C2c2cccnc2)cc1. The molecule has 156 valence electrons. The maximum absolute atomic E-state index is 13.1. The van der Waals surface area contributed by atoms with Gasteiger partial charge in [0.05, 0.1) is 23.2 Å². The van der Waals surface area contributed by atoms with Crippen molar-refractivity contribution in [3.05, 3.63) is 89.3 Å². The standard InChI is InChI=1S/C24H15N3O5/c25-11-14-3-6-17(7-4-14)27-21(16-2-1-9-26-12-16)20(23(29)24(27)30)22(28)15-5-8-18-19(10-15)32-13-31-18/h1-10,12,21,28H,13H2/b22-20-. The summed E-state index contributed by atoms with van der Waals surface area (Å²) in [6.45, 7) is 0.0678. The number of benzene rings is 2. The molecule has 8 heteroatoms. The van der Waals surface area contributed by atoms with Gasteiger partial charge in [0.15, 0.2) is 11.5 Å². The predicted molar refractivity (Wildman–Crippen MR) is 113 cm³/mol. The van der Waals surface area contributed by atoms with Gasteiger partial charge in [-0.2, -0.15) is 5.26 Å². The first-order valence-electron chi connectivity index (χ1n) is 9.69. The van der Waals surface area contributed by atoms with Crippen molar-refractivity contribution in [2.75, 3.05) is 11.7 Å². The largest absolute Gasteiger partial charge is 0.507 e. The summed E-state index contributed by atoms with van der Waals surface area (Å²) in [5, 5.41) is 20.2. The fourth-order valence-corrected chi connectivity index (χ4v) is 3.85. The molecule has 3 heterocycles. The van der Waals surface area contributed by atoms with Crippen molar-refractivity contribution in [3.63, 3.8) is 0 Å². The van der Waals surface area contributed by atoms with Gasteiger partial charge in [0.2, 0.25) is 6.79 Å². The molecule has 1 unspecified atom stereocenters. The molecule has 2 aromatic carbocycles. The molecule has 32 heavy (non-hydrogen) atoms. The van der Waals surface area contributed by atoms with E-state index in [9.17, 15) is 14.7 Å². The van der Waals surface area contributed by atoms with E-state index in [0.717, 1.165) is 0 Å². The van der Waals surface area contributed by atoms with E-state index in [0.29, 0.717) is 33.9 Å². The van der Waals surface area contributed by atoms with Crippen LogP contribution in [0.5, 0.6) is 11.5 Å². The Morgan fingerprint density at radius 2 is 1.88 bits per heavy atom. The fourth-order valence-electron chi connectivity index (χ4n) is 3.85. The fraction of sp³-hybridized carbons (Fsp3) is 0.0833. The third-order valence-electron chi connectivity index (χ3n) is 5.37. The highest BCUT2D eigenvalue weighted by molar-refractivity contribution is 6.51. The van der Waals surface area contributed by atoms with Crippen LogP contribution in [-0.2, 0) is 9.59 Å². The molecule has 1 saturated heterocycles. The second kappa shape index (κ2) is 7.56. The summed E-state index contributed by atoms with van der Waals surface area (Å²) in [6, 6.07) is 15.6. The molecule has 1 aromatic heterocycles. The molecule has 1 N–H and O–H groups in total. The lowest BCUT2D eigenvalue weighted by molar-refractivity contribution is -0.132. The zero-order valence-corrected chi connectivity index (χ0v) is 16.6. The average Bonchev–Trinajstić information content (AvgIpc) is 3.41. The van der Waals surface area contributed by atoms with Gasteiger partial charge in [0, 0.05) is 23.6 Å². The Bertz CT molecular complexity index is 1310. The predicted octanol–water partition coefficient (Wildman–Crippen LogP) is 3.31. The second-order valence-electron chi connectivity index (χ2n) is 7.18. The van der Waals surface area contributed by atoms with E-state index < -0.39 is 17.7 Å². The van der Waals surface area contributed by atoms with Gasteiger partial charge in [-0.15, -0.1) is 0 Å². The zero-order chi connectivity index (χ0) is 22.2. The number of amides is 1. The molecule has 0 radical (unpaired) electrons. The maximum atomic E-state index is 13.1. The van der Waals surface area contributed by atoms with Crippen molar-refractivity contribution in [1.82, 2.24) is 4.98 Å². The van der Waals surface area contributed by atoms with Crippen LogP contribution in [0.4, 0.5) is 5.69 Å². The van der Waals surface area contributed by atoms with Gasteiger partial charge >= 0.3 is 0 Å². The molecule has 1 fully saturated rings. The number of rotatable bonds is 3. The monoisotopic (exact) mass is 425 g/mol. The van der Waals surface area contributed by atoms with Crippen LogP contribution in [-0.4, -0.2) is 28.6 Å². The van der Waals surface area contributed by atoms with Crippen LogP contribution >= 0.6 is 0 Å². The Morgan fingerprint density at radius 3 is 2.59 bits per heavy atom. The number of pyridine rings is 1. The number of carbonyl (C=O) groups excluding carboxylic acids is 2. The summed E-state index contributed by atoms with van der Waals surface area (Å²) in [7, 11) is 0. The third kappa shape index (κ3) is 3.04. The molecule has 0 bridgehead atoms. The van der Waals surface area contributed by atoms with Crippen molar-refractivity contribution >= 4 is 23.1 Å². The Labute approximate surface area is 182 Å². The molecule has 0 spiro atoms. The Kier molecular flexibility index (Phi) is 4.57. The number of fused-ring (bicyclic) bond motifs is 1. The van der Waals surface area contributed by atoms with E-state index in [-0.39, 0.29) is 18.1 Å². The summed E-state index contributed by atoms with van der Waals surface area (Å²) in [4.78, 5) is 31.6. The van der Waals surface area contributed by atoms with Crippen LogP contribution in [0.15, 0.2) is 72.6 Å². The smallest absolute Gasteiger partial charge is 0.300 e. The number of Topliss-reactive ketones (excluding diaryl/α,β-unsaturated/α-hetero) is 1. The quantitative estimate of drug-likeness (QED) is 0.389. The number of aliphatic hydroxyl groups is 1. The van der Waals surface area contributed by atoms with E-state index in [2.05, 4.69) is 4.98 Å². The molecular formula is C24H15N3O5. The van der Waals surface area contributed by atoms with Crippen molar-refractivity contribution in [3.8, 4) is 17.6 Å². The van der Waals surface area contributed by atoms with Gasteiger partial charge in [-0.25, -0.2) is 0 Å². The molecule has 2 aliphatic rings. The number of ketones is 1. The molecule has 2 aliphatic heterocycles. The number of aliphatic hydroxyl groups excluding tert-OH is 1. The number of carbonyl (C=O) groups is 2. The lowest BCUT2D eigenvalue weighted by atomic mass is 9.96. The maximum Gasteiger partial charge on any atom is 0.300 e. The van der Waals surface area contributed by atoms with Crippen LogP contribution < -0.4 is 14.4 Å². The summed E-state index contributed by atoms with van der Waals surface area (Å²) in [6.07, 6.45) is 3.12. The van der Waals surface area contributed by atoms with Crippen molar-refractivity contribution < 1.29 is 24.2 Å². The second-order valence-corrected chi connectivity index (χ2v) is 7.18. The molecule has 0 saturated carbocycles. The van der Waals surface area contributed by atoms with Crippen LogP contribution in [0.2, 0.25) is 0 Å². The van der Waals surface area contributed by atoms with Crippen molar-refractivity contribution in [2.24, 2.45) is 0 Å². The number of anilines is 1. The Hall–Kier alpha value is -4.64. The molecule has 1 amide bonds. The summed E-state index contributed by atoms with van der Waals surface area (Å²) in [5.74, 6) is -0.965. The average molecular weight is 425 g/mol. The molecule has 5 rings (SSSR count). The van der Waals surface area contributed by atoms with Gasteiger partial charge in [-0.05, 0) is 54.1 Å². The first-order chi connectivity index (χ1) is 15.6. The number of hydrogen-bond donors (Lipinski definition) is 1. The first kappa shape index (κ1) is 19.3. The molecule has 8 nitrogen and oxygen atoms in total. The van der Waals surface area contributed by atoms with Gasteiger partial charge in [-0.3, -0.25) is 19.5 Å². The number of aromatic nitrogens is 1. The van der Waals surface area contributed by atoms with Gasteiger partial charge in [0.25, 0.3) is 11.7 Å². The van der Waals surface area contributed by atoms with Crippen molar-refractivity contribution in [2.45, 2.75) is 6.04 Å². The van der Waals surface area contributed by atoms with E-state index >= 15 is 0 Å². The molecule has 0 aliphatic carbocycles.